The lowest BCUT2D eigenvalue weighted by atomic mass is 9.95. The van der Waals surface area contributed by atoms with Crippen LogP contribution in [0.5, 0.6) is 5.75 Å². The first-order valence-electron chi connectivity index (χ1n) is 13.0. The highest BCUT2D eigenvalue weighted by atomic mass is 127. The molecule has 6 nitrogen and oxygen atoms in total. The Morgan fingerprint density at radius 1 is 1.02 bits per heavy atom. The number of hydrogen-bond donors (Lipinski definition) is 0. The van der Waals surface area contributed by atoms with Gasteiger partial charge in [0.15, 0.2) is 4.80 Å². The van der Waals surface area contributed by atoms with Crippen LogP contribution in [-0.2, 0) is 16.1 Å². The largest absolute Gasteiger partial charge is 0.488 e. The molecule has 1 aliphatic rings. The van der Waals surface area contributed by atoms with Crippen LogP contribution < -0.4 is 19.6 Å². The summed E-state index contributed by atoms with van der Waals surface area (Å²) in [5, 5.41) is 0. The van der Waals surface area contributed by atoms with E-state index < -0.39 is 12.0 Å². The van der Waals surface area contributed by atoms with E-state index in [-0.39, 0.29) is 12.2 Å². The number of benzene rings is 3. The average Bonchev–Trinajstić information content (AvgIpc) is 3.23. The molecule has 0 saturated heterocycles. The first-order valence-corrected chi connectivity index (χ1v) is 14.9. The Morgan fingerprint density at radius 3 is 2.35 bits per heavy atom. The van der Waals surface area contributed by atoms with Crippen LogP contribution >= 0.6 is 33.9 Å². The number of aryl methyl sites for hydroxylation is 2. The van der Waals surface area contributed by atoms with Crippen molar-refractivity contribution in [1.82, 2.24) is 4.57 Å². The van der Waals surface area contributed by atoms with Gasteiger partial charge >= 0.3 is 5.97 Å². The zero-order valence-electron chi connectivity index (χ0n) is 22.7. The minimum Gasteiger partial charge on any atom is -0.488 e. The van der Waals surface area contributed by atoms with E-state index >= 15 is 0 Å². The van der Waals surface area contributed by atoms with E-state index in [1.54, 1.807) is 18.4 Å². The number of halogens is 1. The molecule has 1 atom stereocenters. The van der Waals surface area contributed by atoms with Crippen LogP contribution in [0, 0.1) is 17.4 Å². The molecule has 0 N–H and O–H groups in total. The smallest absolute Gasteiger partial charge is 0.338 e. The molecule has 0 spiro atoms. The maximum atomic E-state index is 13.8. The van der Waals surface area contributed by atoms with Crippen molar-refractivity contribution in [3.05, 3.63) is 129 Å². The van der Waals surface area contributed by atoms with Crippen LogP contribution in [-0.4, -0.2) is 17.1 Å². The Kier molecular flexibility index (Phi) is 8.37. The van der Waals surface area contributed by atoms with Gasteiger partial charge < -0.3 is 9.47 Å². The van der Waals surface area contributed by atoms with E-state index in [4.69, 9.17) is 9.47 Å². The number of thiazole rings is 1. The number of carbonyl (C=O) groups is 1. The van der Waals surface area contributed by atoms with Crippen LogP contribution in [0.2, 0.25) is 0 Å². The SMILES string of the molecule is CCOC(=O)C1=C(C)N=c2s/c(=C/c3ccc(OCc4ccc(C)cc4)c(I)c3)c(=O)n2[C@@H]1c1ccc(C)cc1. The second kappa shape index (κ2) is 11.9. The molecule has 0 amide bonds. The first kappa shape index (κ1) is 28.0. The Morgan fingerprint density at radius 2 is 1.70 bits per heavy atom. The number of rotatable bonds is 7. The molecule has 1 aliphatic heterocycles. The summed E-state index contributed by atoms with van der Waals surface area (Å²) < 4.78 is 14.5. The van der Waals surface area contributed by atoms with E-state index in [9.17, 15) is 9.59 Å². The lowest BCUT2D eigenvalue weighted by molar-refractivity contribution is -0.139. The highest BCUT2D eigenvalue weighted by Crippen LogP contribution is 2.31. The van der Waals surface area contributed by atoms with Gasteiger partial charge in [-0.05, 0) is 85.2 Å². The van der Waals surface area contributed by atoms with E-state index in [1.807, 2.05) is 55.5 Å². The zero-order chi connectivity index (χ0) is 28.4. The highest BCUT2D eigenvalue weighted by molar-refractivity contribution is 14.1. The summed E-state index contributed by atoms with van der Waals surface area (Å²) in [6.07, 6.45) is 1.87. The molecule has 3 aromatic carbocycles. The maximum absolute atomic E-state index is 13.8. The van der Waals surface area contributed by atoms with Crippen molar-refractivity contribution in [2.45, 2.75) is 40.3 Å². The second-order valence-electron chi connectivity index (χ2n) is 9.68. The summed E-state index contributed by atoms with van der Waals surface area (Å²) in [4.78, 5) is 32.1. The third kappa shape index (κ3) is 5.83. The van der Waals surface area contributed by atoms with Gasteiger partial charge in [-0.25, -0.2) is 9.79 Å². The monoisotopic (exact) mass is 664 g/mol. The second-order valence-corrected chi connectivity index (χ2v) is 11.8. The van der Waals surface area contributed by atoms with Gasteiger partial charge in [0, 0.05) is 0 Å². The van der Waals surface area contributed by atoms with Crippen LogP contribution in [0.4, 0.5) is 0 Å². The molecule has 204 valence electrons. The summed E-state index contributed by atoms with van der Waals surface area (Å²) >= 11 is 3.57. The number of allylic oxidation sites excluding steroid dienone is 1. The summed E-state index contributed by atoms with van der Waals surface area (Å²) in [6, 6.07) is 21.4. The van der Waals surface area contributed by atoms with Gasteiger partial charge in [-0.3, -0.25) is 9.36 Å². The fourth-order valence-electron chi connectivity index (χ4n) is 4.58. The van der Waals surface area contributed by atoms with Gasteiger partial charge in [-0.15, -0.1) is 0 Å². The third-order valence-electron chi connectivity index (χ3n) is 6.68. The zero-order valence-corrected chi connectivity index (χ0v) is 25.7. The van der Waals surface area contributed by atoms with Gasteiger partial charge in [-0.2, -0.15) is 0 Å². The number of ether oxygens (including phenoxy) is 2. The molecule has 0 fully saturated rings. The van der Waals surface area contributed by atoms with Gasteiger partial charge in [-0.1, -0.05) is 77.1 Å². The fraction of sp³-hybridized carbons (Fsp3) is 0.219. The maximum Gasteiger partial charge on any atom is 0.338 e. The van der Waals surface area contributed by atoms with Crippen molar-refractivity contribution in [2.75, 3.05) is 6.61 Å². The van der Waals surface area contributed by atoms with Gasteiger partial charge in [0.1, 0.15) is 12.4 Å². The van der Waals surface area contributed by atoms with Gasteiger partial charge in [0.25, 0.3) is 5.56 Å². The van der Waals surface area contributed by atoms with Crippen LogP contribution in [0.3, 0.4) is 0 Å². The predicted octanol–water partition coefficient (Wildman–Crippen LogP) is 5.60. The molecule has 2 heterocycles. The number of carbonyl (C=O) groups excluding carboxylic acids is 1. The standard InChI is InChI=1S/C32H29IN2O4S/c1-5-38-31(37)28-21(4)34-32-35(29(28)24-13-8-20(3)9-14-24)30(36)27(40-32)17-23-12-15-26(25(33)16-23)39-18-22-10-6-19(2)7-11-22/h6-17,29H,5,18H2,1-4H3/b27-17+/t29-/m1/s1. The topological polar surface area (TPSA) is 69.9 Å². The Labute approximate surface area is 250 Å². The quantitative estimate of drug-likeness (QED) is 0.191. The van der Waals surface area contributed by atoms with E-state index in [1.165, 1.54) is 16.9 Å². The lowest BCUT2D eigenvalue weighted by Crippen LogP contribution is -2.39. The molecule has 5 rings (SSSR count). The average molecular weight is 665 g/mol. The molecular formula is C32H29IN2O4S. The molecule has 0 saturated carbocycles. The molecule has 40 heavy (non-hydrogen) atoms. The lowest BCUT2D eigenvalue weighted by Gasteiger charge is -2.24. The summed E-state index contributed by atoms with van der Waals surface area (Å²) in [6.45, 7) is 8.35. The number of esters is 1. The summed E-state index contributed by atoms with van der Waals surface area (Å²) in [5.74, 6) is 0.327. The molecule has 1 aromatic heterocycles. The Bertz CT molecular complexity index is 1780. The van der Waals surface area contributed by atoms with Crippen molar-refractivity contribution in [1.29, 1.82) is 0 Å². The van der Waals surface area contributed by atoms with Crippen molar-refractivity contribution < 1.29 is 14.3 Å². The first-order chi connectivity index (χ1) is 19.2. The molecule has 8 heteroatoms. The molecule has 0 aliphatic carbocycles. The molecule has 0 unspecified atom stereocenters. The van der Waals surface area contributed by atoms with E-state index in [0.29, 0.717) is 27.2 Å². The number of hydrogen-bond acceptors (Lipinski definition) is 6. The normalized spacial score (nSPS) is 15.0. The van der Waals surface area contributed by atoms with Crippen molar-refractivity contribution in [3.8, 4) is 5.75 Å². The van der Waals surface area contributed by atoms with Gasteiger partial charge in [0.2, 0.25) is 0 Å². The number of nitrogens with zero attached hydrogens (tertiary/aromatic N) is 2. The highest BCUT2D eigenvalue weighted by Gasteiger charge is 2.33. The van der Waals surface area contributed by atoms with Gasteiger partial charge in [0.05, 0.1) is 32.0 Å². The minimum absolute atomic E-state index is 0.196. The summed E-state index contributed by atoms with van der Waals surface area (Å²) in [5.41, 5.74) is 5.87. The van der Waals surface area contributed by atoms with Crippen molar-refractivity contribution >= 4 is 46.0 Å². The van der Waals surface area contributed by atoms with E-state index in [0.717, 1.165) is 31.6 Å². The number of aromatic nitrogens is 1. The van der Waals surface area contributed by atoms with Crippen molar-refractivity contribution in [3.63, 3.8) is 0 Å². The fourth-order valence-corrected chi connectivity index (χ4v) is 6.32. The molecular weight excluding hydrogens is 635 g/mol. The van der Waals surface area contributed by atoms with E-state index in [2.05, 4.69) is 58.8 Å². The summed E-state index contributed by atoms with van der Waals surface area (Å²) in [7, 11) is 0. The minimum atomic E-state index is -0.615. The predicted molar refractivity (Wildman–Crippen MR) is 166 cm³/mol. The van der Waals surface area contributed by atoms with Crippen molar-refractivity contribution in [2.24, 2.45) is 4.99 Å². The Hall–Kier alpha value is -3.50. The van der Waals surface area contributed by atoms with Crippen LogP contribution in [0.25, 0.3) is 6.08 Å². The molecule has 0 radical (unpaired) electrons. The molecule has 4 aromatic rings. The van der Waals surface area contributed by atoms with Crippen LogP contribution in [0.15, 0.2) is 87.8 Å². The van der Waals surface area contributed by atoms with Crippen LogP contribution in [0.1, 0.15) is 47.7 Å². The number of fused-ring (bicyclic) bond motifs is 1. The Balaban J connectivity index is 1.51. The third-order valence-corrected chi connectivity index (χ3v) is 8.50. The molecule has 0 bridgehead atoms.